The Hall–Kier alpha value is -0.760. The standard InChI is InChI=1S/C9H11NS.C2H6/c1-8(10-2)11-9-6-4-3-5-7-9;1-2/h3-7H,1-2H3;1-2H3. The van der Waals surface area contributed by atoms with Crippen molar-refractivity contribution in [2.75, 3.05) is 7.05 Å². The van der Waals surface area contributed by atoms with Crippen molar-refractivity contribution in [3.63, 3.8) is 0 Å². The fourth-order valence-corrected chi connectivity index (χ4v) is 1.43. The van der Waals surface area contributed by atoms with Crippen LogP contribution in [0.2, 0.25) is 0 Å². The Morgan fingerprint density at radius 3 is 2.15 bits per heavy atom. The molecule has 0 unspecified atom stereocenters. The number of benzene rings is 1. The van der Waals surface area contributed by atoms with Gasteiger partial charge < -0.3 is 0 Å². The van der Waals surface area contributed by atoms with E-state index in [1.807, 2.05) is 46.0 Å². The fourth-order valence-electron chi connectivity index (χ4n) is 0.705. The lowest BCUT2D eigenvalue weighted by molar-refractivity contribution is 1.44. The van der Waals surface area contributed by atoms with E-state index in [0.717, 1.165) is 5.04 Å². The van der Waals surface area contributed by atoms with Gasteiger partial charge in [0.05, 0.1) is 5.04 Å². The van der Waals surface area contributed by atoms with Gasteiger partial charge in [-0.2, -0.15) is 0 Å². The second-order valence-electron chi connectivity index (χ2n) is 2.16. The SMILES string of the molecule is CC.CN=C(C)Sc1ccccc1. The minimum atomic E-state index is 1.09. The Kier molecular flexibility index (Phi) is 7.41. The van der Waals surface area contributed by atoms with E-state index in [-0.39, 0.29) is 0 Å². The Labute approximate surface area is 85.3 Å². The van der Waals surface area contributed by atoms with Crippen LogP contribution >= 0.6 is 11.8 Å². The predicted molar refractivity (Wildman–Crippen MR) is 62.7 cm³/mol. The molecule has 0 heterocycles. The third-order valence-electron chi connectivity index (χ3n) is 1.32. The molecule has 0 bridgehead atoms. The normalized spacial score (nSPS) is 10.3. The van der Waals surface area contributed by atoms with Crippen LogP contribution in [0.5, 0.6) is 0 Å². The first-order valence-electron chi connectivity index (χ1n) is 4.49. The summed E-state index contributed by atoms with van der Waals surface area (Å²) in [6.07, 6.45) is 0. The molecule has 0 aliphatic rings. The van der Waals surface area contributed by atoms with E-state index in [0.29, 0.717) is 0 Å². The molecule has 0 N–H and O–H groups in total. The zero-order valence-electron chi connectivity index (χ0n) is 8.74. The molecule has 0 amide bonds. The first-order valence-corrected chi connectivity index (χ1v) is 5.31. The quantitative estimate of drug-likeness (QED) is 0.376. The summed E-state index contributed by atoms with van der Waals surface area (Å²) < 4.78 is 0. The number of thioether (sulfide) groups is 1. The second kappa shape index (κ2) is 7.87. The van der Waals surface area contributed by atoms with Gasteiger partial charge in [-0.25, -0.2) is 0 Å². The Morgan fingerprint density at radius 2 is 1.69 bits per heavy atom. The zero-order chi connectivity index (χ0) is 10.1. The summed E-state index contributed by atoms with van der Waals surface area (Å²) in [5, 5.41) is 1.09. The maximum atomic E-state index is 4.06. The lowest BCUT2D eigenvalue weighted by Gasteiger charge is -1.97. The van der Waals surface area contributed by atoms with E-state index < -0.39 is 0 Å². The van der Waals surface area contributed by atoms with Crippen molar-refractivity contribution in [3.05, 3.63) is 30.3 Å². The molecule has 1 nitrogen and oxygen atoms in total. The molecule has 0 aliphatic heterocycles. The summed E-state index contributed by atoms with van der Waals surface area (Å²) >= 11 is 1.69. The van der Waals surface area contributed by atoms with E-state index in [1.54, 1.807) is 11.8 Å². The van der Waals surface area contributed by atoms with Crippen LogP contribution in [-0.2, 0) is 0 Å². The highest BCUT2D eigenvalue weighted by molar-refractivity contribution is 8.13. The molecule has 0 atom stereocenters. The van der Waals surface area contributed by atoms with Gasteiger partial charge >= 0.3 is 0 Å². The van der Waals surface area contributed by atoms with Gasteiger partial charge in [0, 0.05) is 11.9 Å². The van der Waals surface area contributed by atoms with Gasteiger partial charge in [-0.3, -0.25) is 4.99 Å². The van der Waals surface area contributed by atoms with Crippen LogP contribution in [0.1, 0.15) is 20.8 Å². The van der Waals surface area contributed by atoms with Crippen molar-refractivity contribution in [3.8, 4) is 0 Å². The van der Waals surface area contributed by atoms with E-state index in [4.69, 9.17) is 0 Å². The Morgan fingerprint density at radius 1 is 1.15 bits per heavy atom. The van der Waals surface area contributed by atoms with E-state index in [1.165, 1.54) is 4.90 Å². The van der Waals surface area contributed by atoms with Gasteiger partial charge in [0.1, 0.15) is 0 Å². The summed E-state index contributed by atoms with van der Waals surface area (Å²) in [6.45, 7) is 6.01. The number of nitrogens with zero attached hydrogens (tertiary/aromatic N) is 1. The Bertz CT molecular complexity index is 242. The summed E-state index contributed by atoms with van der Waals surface area (Å²) in [5.74, 6) is 0. The number of aliphatic imine (C=N–C) groups is 1. The number of hydrogen-bond acceptors (Lipinski definition) is 2. The van der Waals surface area contributed by atoms with Crippen molar-refractivity contribution >= 4 is 16.8 Å². The van der Waals surface area contributed by atoms with Gasteiger partial charge in [-0.1, -0.05) is 43.8 Å². The smallest absolute Gasteiger partial charge is 0.0689 e. The zero-order valence-corrected chi connectivity index (χ0v) is 9.56. The number of rotatable bonds is 1. The molecule has 0 radical (unpaired) electrons. The second-order valence-corrected chi connectivity index (χ2v) is 3.42. The predicted octanol–water partition coefficient (Wildman–Crippen LogP) is 3.85. The molecule has 0 saturated carbocycles. The lowest BCUT2D eigenvalue weighted by Crippen LogP contribution is -1.81. The van der Waals surface area contributed by atoms with Gasteiger partial charge in [0.15, 0.2) is 0 Å². The van der Waals surface area contributed by atoms with Crippen LogP contribution < -0.4 is 0 Å². The number of hydrogen-bond donors (Lipinski definition) is 0. The van der Waals surface area contributed by atoms with Crippen LogP contribution in [0, 0.1) is 0 Å². The average Bonchev–Trinajstić information content (AvgIpc) is 2.22. The molecule has 13 heavy (non-hydrogen) atoms. The lowest BCUT2D eigenvalue weighted by atomic mass is 10.4. The first-order chi connectivity index (χ1) is 6.33. The van der Waals surface area contributed by atoms with Crippen LogP contribution in [0.25, 0.3) is 0 Å². The van der Waals surface area contributed by atoms with Gasteiger partial charge in [-0.05, 0) is 19.1 Å². The van der Waals surface area contributed by atoms with Gasteiger partial charge in [-0.15, -0.1) is 0 Å². The van der Waals surface area contributed by atoms with Crippen molar-refractivity contribution in [1.29, 1.82) is 0 Å². The minimum Gasteiger partial charge on any atom is -0.286 e. The monoisotopic (exact) mass is 195 g/mol. The minimum absolute atomic E-state index is 1.09. The van der Waals surface area contributed by atoms with Gasteiger partial charge in [0.25, 0.3) is 0 Å². The molecule has 1 rings (SSSR count). The van der Waals surface area contributed by atoms with Crippen LogP contribution in [-0.4, -0.2) is 12.1 Å². The maximum Gasteiger partial charge on any atom is 0.0689 e. The molecule has 72 valence electrons. The van der Waals surface area contributed by atoms with Crippen molar-refractivity contribution < 1.29 is 0 Å². The average molecular weight is 195 g/mol. The summed E-state index contributed by atoms with van der Waals surface area (Å²) in [4.78, 5) is 5.31. The topological polar surface area (TPSA) is 12.4 Å². The van der Waals surface area contributed by atoms with E-state index in [9.17, 15) is 0 Å². The van der Waals surface area contributed by atoms with Crippen LogP contribution in [0.3, 0.4) is 0 Å². The van der Waals surface area contributed by atoms with Gasteiger partial charge in [0.2, 0.25) is 0 Å². The Balaban J connectivity index is 0.000000671. The van der Waals surface area contributed by atoms with Crippen molar-refractivity contribution in [2.45, 2.75) is 25.7 Å². The molecule has 1 aromatic carbocycles. The highest BCUT2D eigenvalue weighted by atomic mass is 32.2. The van der Waals surface area contributed by atoms with E-state index >= 15 is 0 Å². The molecule has 0 aromatic heterocycles. The molecule has 2 heteroatoms. The molecule has 0 saturated heterocycles. The highest BCUT2D eigenvalue weighted by Crippen LogP contribution is 2.17. The van der Waals surface area contributed by atoms with Crippen molar-refractivity contribution in [1.82, 2.24) is 0 Å². The summed E-state index contributed by atoms with van der Waals surface area (Å²) in [6, 6.07) is 10.2. The van der Waals surface area contributed by atoms with E-state index in [2.05, 4.69) is 17.1 Å². The van der Waals surface area contributed by atoms with Crippen molar-refractivity contribution in [2.24, 2.45) is 4.99 Å². The molecule has 0 aliphatic carbocycles. The molecule has 0 fully saturated rings. The molecular weight excluding hydrogens is 178 g/mol. The highest BCUT2D eigenvalue weighted by Gasteiger charge is 1.92. The third kappa shape index (κ3) is 5.47. The maximum absolute atomic E-state index is 4.06. The summed E-state index contributed by atoms with van der Waals surface area (Å²) in [5.41, 5.74) is 0. The molecule has 0 spiro atoms. The fraction of sp³-hybridized carbons (Fsp3) is 0.364. The molecular formula is C11H17NS. The summed E-state index contributed by atoms with van der Waals surface area (Å²) in [7, 11) is 1.81. The first kappa shape index (κ1) is 12.2. The third-order valence-corrected chi connectivity index (χ3v) is 2.31. The molecule has 1 aromatic rings. The van der Waals surface area contributed by atoms with Crippen LogP contribution in [0.15, 0.2) is 40.2 Å². The largest absolute Gasteiger partial charge is 0.286 e. The van der Waals surface area contributed by atoms with Crippen LogP contribution in [0.4, 0.5) is 0 Å².